The Bertz CT molecular complexity index is 584. The Morgan fingerprint density at radius 3 is 2.90 bits per heavy atom. The van der Waals surface area contributed by atoms with E-state index in [2.05, 4.69) is 28.6 Å². The van der Waals surface area contributed by atoms with Crippen LogP contribution in [0.25, 0.3) is 10.8 Å². The number of aromatic nitrogens is 1. The number of hydrazine groups is 1. The number of rotatable bonds is 5. The number of methoxy groups -OCH3 is 1. The SMILES string of the molecule is COC1(CC(NN)c2cccc3ccncc23)CCC1. The molecule has 4 nitrogen and oxygen atoms in total. The summed E-state index contributed by atoms with van der Waals surface area (Å²) in [4.78, 5) is 4.24. The van der Waals surface area contributed by atoms with Crippen molar-refractivity contribution in [3.8, 4) is 0 Å². The van der Waals surface area contributed by atoms with Gasteiger partial charge in [0.25, 0.3) is 0 Å². The summed E-state index contributed by atoms with van der Waals surface area (Å²) < 4.78 is 5.73. The molecule has 1 aliphatic carbocycles. The van der Waals surface area contributed by atoms with Gasteiger partial charge in [-0.15, -0.1) is 0 Å². The minimum atomic E-state index is -0.0125. The maximum Gasteiger partial charge on any atom is 0.0697 e. The Morgan fingerprint density at radius 2 is 2.25 bits per heavy atom. The van der Waals surface area contributed by atoms with Crippen LogP contribution in [0.1, 0.15) is 37.3 Å². The van der Waals surface area contributed by atoms with Gasteiger partial charge < -0.3 is 4.74 Å². The first-order valence-electron chi connectivity index (χ1n) is 7.12. The summed E-state index contributed by atoms with van der Waals surface area (Å²) in [6, 6.07) is 8.41. The first kappa shape index (κ1) is 13.5. The Hall–Kier alpha value is -1.49. The van der Waals surface area contributed by atoms with E-state index in [-0.39, 0.29) is 11.6 Å². The molecule has 1 aromatic carbocycles. The smallest absolute Gasteiger partial charge is 0.0697 e. The van der Waals surface area contributed by atoms with Crippen molar-refractivity contribution in [2.45, 2.75) is 37.3 Å². The van der Waals surface area contributed by atoms with Crippen LogP contribution in [0.4, 0.5) is 0 Å². The van der Waals surface area contributed by atoms with E-state index in [9.17, 15) is 0 Å². The van der Waals surface area contributed by atoms with E-state index in [1.165, 1.54) is 17.4 Å². The molecule has 0 spiro atoms. The number of ether oxygens (including phenoxy) is 1. The van der Waals surface area contributed by atoms with Crippen LogP contribution >= 0.6 is 0 Å². The van der Waals surface area contributed by atoms with Crippen LogP contribution in [-0.2, 0) is 4.74 Å². The monoisotopic (exact) mass is 271 g/mol. The van der Waals surface area contributed by atoms with Crippen LogP contribution < -0.4 is 11.3 Å². The fourth-order valence-corrected chi connectivity index (χ4v) is 3.13. The zero-order chi connectivity index (χ0) is 14.0. The second-order valence-electron chi connectivity index (χ2n) is 5.61. The van der Waals surface area contributed by atoms with Crippen molar-refractivity contribution in [2.24, 2.45) is 5.84 Å². The van der Waals surface area contributed by atoms with E-state index in [0.29, 0.717) is 0 Å². The van der Waals surface area contributed by atoms with Crippen LogP contribution in [0, 0.1) is 0 Å². The molecule has 1 aliphatic rings. The molecule has 3 N–H and O–H groups in total. The molecule has 1 unspecified atom stereocenters. The molecule has 3 rings (SSSR count). The molecule has 0 amide bonds. The highest BCUT2D eigenvalue weighted by Crippen LogP contribution is 2.42. The zero-order valence-electron chi connectivity index (χ0n) is 11.8. The minimum Gasteiger partial charge on any atom is -0.378 e. The summed E-state index contributed by atoms with van der Waals surface area (Å²) in [6.45, 7) is 0. The average molecular weight is 271 g/mol. The molecule has 1 heterocycles. The number of fused-ring (bicyclic) bond motifs is 1. The van der Waals surface area contributed by atoms with Gasteiger partial charge in [0.2, 0.25) is 0 Å². The van der Waals surface area contributed by atoms with Gasteiger partial charge in [-0.25, -0.2) is 0 Å². The molecule has 0 saturated heterocycles. The number of nitrogens with two attached hydrogens (primary N) is 1. The fraction of sp³-hybridized carbons (Fsp3) is 0.438. The molecule has 4 heteroatoms. The predicted octanol–water partition coefficient (Wildman–Crippen LogP) is 2.70. The molecule has 1 atom stereocenters. The van der Waals surface area contributed by atoms with Crippen molar-refractivity contribution >= 4 is 10.8 Å². The Balaban J connectivity index is 1.95. The van der Waals surface area contributed by atoms with Gasteiger partial charge in [0.1, 0.15) is 0 Å². The molecule has 20 heavy (non-hydrogen) atoms. The Kier molecular flexibility index (Phi) is 3.70. The summed E-state index contributed by atoms with van der Waals surface area (Å²) in [5.41, 5.74) is 4.14. The summed E-state index contributed by atoms with van der Waals surface area (Å²) in [6.07, 6.45) is 8.10. The third kappa shape index (κ3) is 2.30. The van der Waals surface area contributed by atoms with Crippen LogP contribution in [0.2, 0.25) is 0 Å². The standard InChI is InChI=1S/C16H21N3O/c1-20-16(7-3-8-16)10-15(19-17)13-5-2-4-12-6-9-18-11-14(12)13/h2,4-6,9,11,15,19H,3,7-8,10,17H2,1H3. The van der Waals surface area contributed by atoms with Gasteiger partial charge >= 0.3 is 0 Å². The molecule has 0 aliphatic heterocycles. The third-order valence-corrected chi connectivity index (χ3v) is 4.57. The predicted molar refractivity (Wildman–Crippen MR) is 80.0 cm³/mol. The number of nitrogens with one attached hydrogen (secondary N) is 1. The topological polar surface area (TPSA) is 60.2 Å². The van der Waals surface area contributed by atoms with Crippen molar-refractivity contribution in [3.05, 3.63) is 42.2 Å². The van der Waals surface area contributed by atoms with Crippen molar-refractivity contribution in [1.82, 2.24) is 10.4 Å². The van der Waals surface area contributed by atoms with E-state index in [1.807, 2.05) is 18.5 Å². The highest BCUT2D eigenvalue weighted by molar-refractivity contribution is 5.85. The number of hydrogen-bond donors (Lipinski definition) is 2. The molecule has 0 radical (unpaired) electrons. The normalized spacial score (nSPS) is 18.7. The molecular weight excluding hydrogens is 250 g/mol. The van der Waals surface area contributed by atoms with Gasteiger partial charge in [0.05, 0.1) is 5.60 Å². The second kappa shape index (κ2) is 5.48. The molecule has 1 aromatic heterocycles. The van der Waals surface area contributed by atoms with Gasteiger partial charge in [-0.1, -0.05) is 18.2 Å². The number of pyridine rings is 1. The van der Waals surface area contributed by atoms with Crippen molar-refractivity contribution in [2.75, 3.05) is 7.11 Å². The van der Waals surface area contributed by atoms with Gasteiger partial charge in [-0.05, 0) is 42.7 Å². The molecule has 0 bridgehead atoms. The number of hydrogen-bond acceptors (Lipinski definition) is 4. The highest BCUT2D eigenvalue weighted by Gasteiger charge is 2.39. The van der Waals surface area contributed by atoms with Crippen molar-refractivity contribution in [3.63, 3.8) is 0 Å². The van der Waals surface area contributed by atoms with Crippen LogP contribution in [0.3, 0.4) is 0 Å². The third-order valence-electron chi connectivity index (χ3n) is 4.57. The molecular formula is C16H21N3O. The van der Waals surface area contributed by atoms with E-state index in [4.69, 9.17) is 10.6 Å². The summed E-state index contributed by atoms with van der Waals surface area (Å²) in [5.74, 6) is 5.81. The summed E-state index contributed by atoms with van der Waals surface area (Å²) >= 11 is 0. The van der Waals surface area contributed by atoms with Crippen LogP contribution in [0.15, 0.2) is 36.7 Å². The average Bonchev–Trinajstić information content (AvgIpc) is 2.47. The largest absolute Gasteiger partial charge is 0.378 e. The van der Waals surface area contributed by atoms with Gasteiger partial charge in [-0.2, -0.15) is 0 Å². The summed E-state index contributed by atoms with van der Waals surface area (Å²) in [7, 11) is 1.80. The zero-order valence-corrected chi connectivity index (χ0v) is 11.8. The fourth-order valence-electron chi connectivity index (χ4n) is 3.13. The number of benzene rings is 1. The van der Waals surface area contributed by atoms with E-state index >= 15 is 0 Å². The minimum absolute atomic E-state index is 0.0125. The lowest BCUT2D eigenvalue weighted by Gasteiger charge is -2.42. The second-order valence-corrected chi connectivity index (χ2v) is 5.61. The Labute approximate surface area is 119 Å². The lowest BCUT2D eigenvalue weighted by atomic mass is 9.74. The van der Waals surface area contributed by atoms with Crippen molar-refractivity contribution < 1.29 is 4.74 Å². The van der Waals surface area contributed by atoms with E-state index < -0.39 is 0 Å². The summed E-state index contributed by atoms with van der Waals surface area (Å²) in [5, 5.41) is 2.35. The quantitative estimate of drug-likeness (QED) is 0.648. The van der Waals surface area contributed by atoms with Crippen molar-refractivity contribution in [1.29, 1.82) is 0 Å². The van der Waals surface area contributed by atoms with E-state index in [0.717, 1.165) is 24.6 Å². The first-order chi connectivity index (χ1) is 9.78. The van der Waals surface area contributed by atoms with Gasteiger partial charge in [0, 0.05) is 30.9 Å². The molecule has 106 valence electrons. The first-order valence-corrected chi connectivity index (χ1v) is 7.12. The maximum atomic E-state index is 5.81. The van der Waals surface area contributed by atoms with Crippen LogP contribution in [0.5, 0.6) is 0 Å². The molecule has 1 saturated carbocycles. The maximum absolute atomic E-state index is 5.81. The lowest BCUT2D eigenvalue weighted by Crippen LogP contribution is -2.44. The van der Waals surface area contributed by atoms with E-state index in [1.54, 1.807) is 7.11 Å². The number of nitrogens with zero attached hydrogens (tertiary/aromatic N) is 1. The van der Waals surface area contributed by atoms with Gasteiger partial charge in [-0.3, -0.25) is 16.3 Å². The van der Waals surface area contributed by atoms with Gasteiger partial charge in [0.15, 0.2) is 0 Å². The highest BCUT2D eigenvalue weighted by atomic mass is 16.5. The van der Waals surface area contributed by atoms with Crippen LogP contribution in [-0.4, -0.2) is 17.7 Å². The molecule has 1 fully saturated rings. The molecule has 2 aromatic rings. The lowest BCUT2D eigenvalue weighted by molar-refractivity contribution is -0.0837. The Morgan fingerprint density at radius 1 is 1.40 bits per heavy atom.